The average molecular weight is 574 g/mol. The molecule has 10 heteroatoms. The molecule has 0 fully saturated rings. The number of aryl methyl sites for hydroxylation is 2. The van der Waals surface area contributed by atoms with Crippen molar-refractivity contribution in [1.29, 1.82) is 0 Å². The lowest BCUT2D eigenvalue weighted by atomic mass is 10.0. The van der Waals surface area contributed by atoms with Gasteiger partial charge in [0.15, 0.2) is 11.5 Å². The molecule has 0 bridgehead atoms. The highest BCUT2D eigenvalue weighted by Crippen LogP contribution is 2.33. The number of amides is 1. The van der Waals surface area contributed by atoms with Gasteiger partial charge < -0.3 is 14.2 Å². The topological polar surface area (TPSA) is 107 Å². The van der Waals surface area contributed by atoms with E-state index in [0.717, 1.165) is 28.1 Å². The first-order valence-electron chi connectivity index (χ1n) is 13.2. The van der Waals surface area contributed by atoms with Crippen molar-refractivity contribution >= 4 is 38.6 Å². The largest absolute Gasteiger partial charge is 0.494 e. The summed E-state index contributed by atoms with van der Waals surface area (Å²) in [4.78, 5) is 13.0. The fourth-order valence-electron chi connectivity index (χ4n) is 5.02. The first kappa shape index (κ1) is 28.0. The Kier molecular flexibility index (Phi) is 8.11. The number of hydrogen-bond acceptors (Lipinski definition) is 7. The van der Waals surface area contributed by atoms with Crippen molar-refractivity contribution in [2.75, 3.05) is 31.7 Å². The molecule has 1 aliphatic carbocycles. The summed E-state index contributed by atoms with van der Waals surface area (Å²) in [6.45, 7) is 1.81. The number of nitrogens with zero attached hydrogens (tertiary/aromatic N) is 2. The smallest absolute Gasteiger partial charge is 0.264 e. The third-order valence-corrected chi connectivity index (χ3v) is 8.74. The Morgan fingerprint density at radius 1 is 0.951 bits per heavy atom. The summed E-state index contributed by atoms with van der Waals surface area (Å²) < 4.78 is 44.7. The van der Waals surface area contributed by atoms with E-state index in [1.165, 1.54) is 48.9 Å². The van der Waals surface area contributed by atoms with Crippen molar-refractivity contribution in [3.63, 3.8) is 0 Å². The van der Waals surface area contributed by atoms with Crippen LogP contribution in [0.5, 0.6) is 17.2 Å². The molecule has 0 saturated heterocycles. The minimum Gasteiger partial charge on any atom is -0.494 e. The second-order valence-corrected chi connectivity index (χ2v) is 11.3. The van der Waals surface area contributed by atoms with Crippen LogP contribution in [-0.2, 0) is 27.7 Å². The van der Waals surface area contributed by atoms with E-state index >= 15 is 0 Å². The third kappa shape index (κ3) is 5.69. The number of carbonyl (C=O) groups excluding carboxylic acids is 1. The summed E-state index contributed by atoms with van der Waals surface area (Å²) in [5.41, 5.74) is 6.27. The molecule has 4 aromatic rings. The summed E-state index contributed by atoms with van der Waals surface area (Å²) in [6, 6.07) is 21.0. The molecule has 1 amide bonds. The number of rotatable bonds is 11. The van der Waals surface area contributed by atoms with Crippen LogP contribution in [0.25, 0.3) is 10.8 Å². The van der Waals surface area contributed by atoms with Crippen LogP contribution in [0.2, 0.25) is 0 Å². The van der Waals surface area contributed by atoms with Crippen molar-refractivity contribution in [3.05, 3.63) is 89.5 Å². The highest BCUT2D eigenvalue weighted by molar-refractivity contribution is 7.92. The van der Waals surface area contributed by atoms with Crippen molar-refractivity contribution in [1.82, 2.24) is 5.43 Å². The number of hydrazone groups is 1. The minimum absolute atomic E-state index is 0.0618. The number of hydrogen-bond donors (Lipinski definition) is 1. The molecular formula is C31H31N3O6S. The summed E-state index contributed by atoms with van der Waals surface area (Å²) in [5, 5.41) is 6.47. The molecule has 0 aromatic heterocycles. The van der Waals surface area contributed by atoms with Crippen molar-refractivity contribution in [3.8, 4) is 17.2 Å². The first-order valence-corrected chi connectivity index (χ1v) is 14.6. The van der Waals surface area contributed by atoms with E-state index in [2.05, 4.69) is 22.7 Å². The van der Waals surface area contributed by atoms with E-state index in [0.29, 0.717) is 18.1 Å². The molecule has 9 nitrogen and oxygen atoms in total. The molecule has 0 aliphatic heterocycles. The van der Waals surface area contributed by atoms with Gasteiger partial charge in [0.25, 0.3) is 15.9 Å². The maximum atomic E-state index is 13.8. The van der Waals surface area contributed by atoms with Crippen LogP contribution >= 0.6 is 0 Å². The van der Waals surface area contributed by atoms with Gasteiger partial charge in [-0.3, -0.25) is 9.10 Å². The monoisotopic (exact) mass is 573 g/mol. The quantitative estimate of drug-likeness (QED) is 0.206. The van der Waals surface area contributed by atoms with Crippen LogP contribution in [0.15, 0.2) is 82.8 Å². The molecule has 0 saturated carbocycles. The van der Waals surface area contributed by atoms with E-state index in [1.54, 1.807) is 30.5 Å². The van der Waals surface area contributed by atoms with Gasteiger partial charge >= 0.3 is 0 Å². The molecule has 4 aromatic carbocycles. The zero-order valence-electron chi connectivity index (χ0n) is 23.1. The Morgan fingerprint density at radius 2 is 1.68 bits per heavy atom. The summed E-state index contributed by atoms with van der Waals surface area (Å²) in [7, 11) is -1.31. The van der Waals surface area contributed by atoms with Gasteiger partial charge in [-0.15, -0.1) is 0 Å². The lowest BCUT2D eigenvalue weighted by Crippen LogP contribution is -2.39. The van der Waals surface area contributed by atoms with Crippen LogP contribution in [-0.4, -0.2) is 47.9 Å². The number of carbonyl (C=O) groups is 1. The lowest BCUT2D eigenvalue weighted by molar-refractivity contribution is -0.119. The Morgan fingerprint density at radius 3 is 2.39 bits per heavy atom. The standard InChI is InChI=1S/C31H31N3O6S/c1-4-40-25-14-12-24(13-15-25)34(41(36,37)26-16-17-28(38-2)29(18-26)39-3)20-30(35)33-32-19-23-11-10-22-9-8-21-6-5-7-27(23)31(21)22/h5-7,10-19H,4,8-9,20H2,1-3H3,(H,33,35)/b32-19-. The maximum Gasteiger partial charge on any atom is 0.264 e. The lowest BCUT2D eigenvalue weighted by Gasteiger charge is -2.24. The molecule has 1 aliphatic rings. The maximum absolute atomic E-state index is 13.8. The Balaban J connectivity index is 1.41. The number of benzene rings is 4. The second-order valence-electron chi connectivity index (χ2n) is 9.40. The zero-order chi connectivity index (χ0) is 29.0. The SMILES string of the molecule is CCOc1ccc(N(CC(=O)N/N=C\c2ccc3c4c(cccc24)CC3)S(=O)(=O)c2ccc(OC)c(OC)c2)cc1. The van der Waals surface area contributed by atoms with Crippen molar-refractivity contribution in [2.24, 2.45) is 5.10 Å². The van der Waals surface area contributed by atoms with Gasteiger partial charge in [-0.2, -0.15) is 5.10 Å². The van der Waals surface area contributed by atoms with Gasteiger partial charge in [0, 0.05) is 11.6 Å². The summed E-state index contributed by atoms with van der Waals surface area (Å²) in [6.07, 6.45) is 3.61. The molecule has 0 radical (unpaired) electrons. The van der Waals surface area contributed by atoms with Crippen LogP contribution in [0, 0.1) is 0 Å². The summed E-state index contributed by atoms with van der Waals surface area (Å²) >= 11 is 0. The second kappa shape index (κ2) is 11.9. The van der Waals surface area contributed by atoms with Crippen LogP contribution in [0.1, 0.15) is 23.6 Å². The van der Waals surface area contributed by atoms with E-state index < -0.39 is 22.5 Å². The number of ether oxygens (including phenoxy) is 3. The molecule has 1 N–H and O–H groups in total. The normalized spacial score (nSPS) is 12.5. The van der Waals surface area contributed by atoms with E-state index in [4.69, 9.17) is 14.2 Å². The Bertz CT molecular complexity index is 1710. The third-order valence-electron chi connectivity index (χ3n) is 6.97. The number of nitrogens with one attached hydrogen (secondary N) is 1. The highest BCUT2D eigenvalue weighted by atomic mass is 32.2. The molecule has 5 rings (SSSR count). The first-order chi connectivity index (χ1) is 19.8. The predicted molar refractivity (Wildman–Crippen MR) is 159 cm³/mol. The highest BCUT2D eigenvalue weighted by Gasteiger charge is 2.28. The van der Waals surface area contributed by atoms with Crippen LogP contribution in [0.4, 0.5) is 5.69 Å². The van der Waals surface area contributed by atoms with Gasteiger partial charge in [-0.05, 0) is 78.1 Å². The van der Waals surface area contributed by atoms with Crippen LogP contribution in [0.3, 0.4) is 0 Å². The van der Waals surface area contributed by atoms with Crippen molar-refractivity contribution in [2.45, 2.75) is 24.7 Å². The Hall–Kier alpha value is -4.57. The van der Waals surface area contributed by atoms with Gasteiger partial charge in [0.1, 0.15) is 12.3 Å². The van der Waals surface area contributed by atoms with E-state index in [9.17, 15) is 13.2 Å². The predicted octanol–water partition coefficient (Wildman–Crippen LogP) is 4.70. The average Bonchev–Trinajstić information content (AvgIpc) is 3.42. The Labute approximate surface area is 239 Å². The summed E-state index contributed by atoms with van der Waals surface area (Å²) in [5.74, 6) is 0.609. The van der Waals surface area contributed by atoms with Gasteiger partial charge in [-0.25, -0.2) is 13.8 Å². The molecule has 41 heavy (non-hydrogen) atoms. The number of anilines is 1. The fourth-order valence-corrected chi connectivity index (χ4v) is 6.45. The molecule has 0 atom stereocenters. The molecule has 0 heterocycles. The molecule has 0 unspecified atom stereocenters. The van der Waals surface area contributed by atoms with E-state index in [1.807, 2.05) is 25.1 Å². The van der Waals surface area contributed by atoms with Gasteiger partial charge in [0.05, 0.1) is 37.6 Å². The van der Waals surface area contributed by atoms with Crippen molar-refractivity contribution < 1.29 is 27.4 Å². The number of sulfonamides is 1. The molecular weight excluding hydrogens is 542 g/mol. The molecule has 212 valence electrons. The van der Waals surface area contributed by atoms with E-state index in [-0.39, 0.29) is 16.3 Å². The fraction of sp³-hybridized carbons (Fsp3) is 0.226. The van der Waals surface area contributed by atoms with Gasteiger partial charge in [-0.1, -0.05) is 30.3 Å². The number of methoxy groups -OCH3 is 2. The molecule has 0 spiro atoms. The minimum atomic E-state index is -4.20. The zero-order valence-corrected chi connectivity index (χ0v) is 23.9. The van der Waals surface area contributed by atoms with Gasteiger partial charge in [0.2, 0.25) is 0 Å². The van der Waals surface area contributed by atoms with Crippen LogP contribution < -0.4 is 23.9 Å².